The van der Waals surface area contributed by atoms with Crippen LogP contribution in [0.5, 0.6) is 0 Å². The van der Waals surface area contributed by atoms with Gasteiger partial charge in [0.1, 0.15) is 13.2 Å². The number of hydrogen-bond donors (Lipinski definition) is 0. The third-order valence-electron chi connectivity index (χ3n) is 3.17. The van der Waals surface area contributed by atoms with E-state index in [1.165, 1.54) is 12.1 Å². The third kappa shape index (κ3) is 2.70. The molecule has 0 amide bonds. The Balaban J connectivity index is 2.12. The summed E-state index contributed by atoms with van der Waals surface area (Å²) in [5.41, 5.74) is -0.113. The molecule has 0 atom stereocenters. The zero-order valence-electron chi connectivity index (χ0n) is 10.1. The van der Waals surface area contributed by atoms with Gasteiger partial charge < -0.3 is 4.57 Å². The van der Waals surface area contributed by atoms with E-state index in [0.29, 0.717) is 17.4 Å². The van der Waals surface area contributed by atoms with Crippen LogP contribution in [0, 0.1) is 7.40 Å². The molecule has 0 saturated heterocycles. The molecule has 0 N–H and O–H groups in total. The molecular weight excluding hydrogens is 495 g/mol. The number of benzene rings is 1. The summed E-state index contributed by atoms with van der Waals surface area (Å²) < 4.78 is 42.3. The van der Waals surface area contributed by atoms with Crippen molar-refractivity contribution in [3.05, 3.63) is 37.2 Å². The Bertz CT molecular complexity index is 660. The fourth-order valence-electron chi connectivity index (χ4n) is 2.09. The lowest BCUT2D eigenvalue weighted by atomic mass is 10.1. The fourth-order valence-corrected chi connectivity index (χ4v) is 3.32. The number of alkyl halides is 3. The molecule has 1 aromatic carbocycles. The number of aromatic nitrogens is 2. The minimum absolute atomic E-state index is 0.377. The summed E-state index contributed by atoms with van der Waals surface area (Å²) in [5.74, 6) is 0.632. The number of hydrogen-bond acceptors (Lipinski definition) is 1. The van der Waals surface area contributed by atoms with Crippen LogP contribution < -0.4 is 0 Å². The van der Waals surface area contributed by atoms with E-state index in [4.69, 9.17) is 0 Å². The number of imidazole rings is 1. The molecule has 106 valence electrons. The van der Waals surface area contributed by atoms with Crippen molar-refractivity contribution in [1.29, 1.82) is 0 Å². The van der Waals surface area contributed by atoms with Crippen LogP contribution in [0.4, 0.5) is 13.2 Å². The van der Waals surface area contributed by atoms with Gasteiger partial charge in [0.2, 0.25) is 0 Å². The highest BCUT2D eigenvalue weighted by molar-refractivity contribution is 14.1. The maximum Gasteiger partial charge on any atom is 0.416 e. The molecule has 0 unspecified atom stereocenters. The maximum absolute atomic E-state index is 12.8. The number of rotatable bonds is 2. The van der Waals surface area contributed by atoms with Crippen molar-refractivity contribution in [2.45, 2.75) is 25.1 Å². The standard InChI is InChI=1S/C13H9F3I2N2/c14-13(15,16)8-3-1-2-7(6-8)12-19-10(17)11(18)20(12)9-4-5-9/h1-3,6,9H,4-5H2. The van der Waals surface area contributed by atoms with Crippen LogP contribution in [-0.2, 0) is 6.18 Å². The molecule has 0 aliphatic heterocycles. The minimum Gasteiger partial charge on any atom is -0.315 e. The Labute approximate surface area is 141 Å². The highest BCUT2D eigenvalue weighted by Crippen LogP contribution is 2.41. The van der Waals surface area contributed by atoms with E-state index in [9.17, 15) is 13.2 Å². The summed E-state index contributed by atoms with van der Waals surface area (Å²) in [7, 11) is 0. The fraction of sp³-hybridized carbons (Fsp3) is 0.308. The van der Waals surface area contributed by atoms with Gasteiger partial charge in [-0.2, -0.15) is 13.2 Å². The predicted octanol–water partition coefficient (Wildman–Crippen LogP) is 5.11. The highest BCUT2D eigenvalue weighted by atomic mass is 127. The first kappa shape index (κ1) is 14.6. The van der Waals surface area contributed by atoms with Crippen molar-refractivity contribution in [2.24, 2.45) is 0 Å². The number of nitrogens with zero attached hydrogens (tertiary/aromatic N) is 2. The van der Waals surface area contributed by atoms with Crippen molar-refractivity contribution < 1.29 is 13.2 Å². The first-order chi connectivity index (χ1) is 9.38. The van der Waals surface area contributed by atoms with Crippen LogP contribution in [0.25, 0.3) is 11.4 Å². The summed E-state index contributed by atoms with van der Waals surface area (Å²) in [5, 5.41) is 0. The van der Waals surface area contributed by atoms with Gasteiger partial charge in [0.15, 0.2) is 0 Å². The molecule has 3 rings (SSSR count). The molecule has 0 radical (unpaired) electrons. The van der Waals surface area contributed by atoms with Crippen LogP contribution in [0.1, 0.15) is 24.4 Å². The van der Waals surface area contributed by atoms with E-state index in [0.717, 1.165) is 26.3 Å². The molecule has 1 aliphatic rings. The summed E-state index contributed by atoms with van der Waals surface area (Å²) in [6, 6.07) is 5.76. The van der Waals surface area contributed by atoms with Crippen molar-refractivity contribution in [2.75, 3.05) is 0 Å². The van der Waals surface area contributed by atoms with Crippen LogP contribution >= 0.6 is 45.2 Å². The summed E-state index contributed by atoms with van der Waals surface area (Å²) in [6.07, 6.45) is -2.20. The van der Waals surface area contributed by atoms with E-state index in [-0.39, 0.29) is 0 Å². The lowest BCUT2D eigenvalue weighted by molar-refractivity contribution is -0.137. The first-order valence-electron chi connectivity index (χ1n) is 5.99. The normalized spacial score (nSPS) is 15.7. The van der Waals surface area contributed by atoms with Crippen LogP contribution in [0.2, 0.25) is 0 Å². The van der Waals surface area contributed by atoms with E-state index in [1.807, 2.05) is 0 Å². The average molecular weight is 504 g/mol. The van der Waals surface area contributed by atoms with Crippen molar-refractivity contribution in [3.63, 3.8) is 0 Å². The Morgan fingerprint density at radius 2 is 1.90 bits per heavy atom. The van der Waals surface area contributed by atoms with E-state index in [2.05, 4.69) is 54.7 Å². The van der Waals surface area contributed by atoms with Gasteiger partial charge in [-0.3, -0.25) is 0 Å². The lowest BCUT2D eigenvalue weighted by Crippen LogP contribution is -2.05. The molecule has 1 fully saturated rings. The molecular formula is C13H9F3I2N2. The highest BCUT2D eigenvalue weighted by Gasteiger charge is 2.33. The van der Waals surface area contributed by atoms with Gasteiger partial charge in [-0.15, -0.1) is 0 Å². The largest absolute Gasteiger partial charge is 0.416 e. The van der Waals surface area contributed by atoms with Gasteiger partial charge in [-0.1, -0.05) is 12.1 Å². The summed E-state index contributed by atoms with van der Waals surface area (Å²) in [4.78, 5) is 4.44. The molecule has 1 aliphatic carbocycles. The zero-order chi connectivity index (χ0) is 14.5. The van der Waals surface area contributed by atoms with Crippen LogP contribution in [0.15, 0.2) is 24.3 Å². The molecule has 7 heteroatoms. The SMILES string of the molecule is FC(F)(F)c1cccc(-c2nc(I)c(I)n2C2CC2)c1. The number of halogens is 5. The van der Waals surface area contributed by atoms with Gasteiger partial charge in [-0.05, 0) is 70.2 Å². The van der Waals surface area contributed by atoms with Gasteiger partial charge in [0.05, 0.1) is 5.56 Å². The van der Waals surface area contributed by atoms with Gasteiger partial charge >= 0.3 is 6.18 Å². The zero-order valence-corrected chi connectivity index (χ0v) is 14.4. The molecule has 2 aromatic rings. The molecule has 2 nitrogen and oxygen atoms in total. The van der Waals surface area contributed by atoms with E-state index >= 15 is 0 Å². The lowest BCUT2D eigenvalue weighted by Gasteiger charge is -2.10. The monoisotopic (exact) mass is 504 g/mol. The molecule has 0 spiro atoms. The predicted molar refractivity (Wildman–Crippen MR) is 86.4 cm³/mol. The molecule has 1 heterocycles. The van der Waals surface area contributed by atoms with E-state index in [1.54, 1.807) is 6.07 Å². The maximum atomic E-state index is 12.8. The average Bonchev–Trinajstić information content (AvgIpc) is 3.17. The minimum atomic E-state index is -4.33. The second kappa shape index (κ2) is 5.15. The molecule has 1 aromatic heterocycles. The Hall–Kier alpha value is -0.320. The first-order valence-corrected chi connectivity index (χ1v) is 8.14. The topological polar surface area (TPSA) is 17.8 Å². The van der Waals surface area contributed by atoms with Gasteiger partial charge in [0.25, 0.3) is 0 Å². The molecule has 1 saturated carbocycles. The van der Waals surface area contributed by atoms with Gasteiger partial charge in [-0.25, -0.2) is 4.98 Å². The molecule has 20 heavy (non-hydrogen) atoms. The van der Waals surface area contributed by atoms with Crippen LogP contribution in [-0.4, -0.2) is 9.55 Å². The third-order valence-corrected chi connectivity index (χ3v) is 5.99. The van der Waals surface area contributed by atoms with Crippen molar-refractivity contribution in [3.8, 4) is 11.4 Å². The van der Waals surface area contributed by atoms with Crippen molar-refractivity contribution >= 4 is 45.2 Å². The quantitative estimate of drug-likeness (QED) is 0.521. The van der Waals surface area contributed by atoms with Crippen molar-refractivity contribution in [1.82, 2.24) is 9.55 Å². The second-order valence-electron chi connectivity index (χ2n) is 4.70. The van der Waals surface area contributed by atoms with Crippen LogP contribution in [0.3, 0.4) is 0 Å². The molecule has 0 bridgehead atoms. The van der Waals surface area contributed by atoms with E-state index < -0.39 is 11.7 Å². The summed E-state index contributed by atoms with van der Waals surface area (Å²) in [6.45, 7) is 0. The Morgan fingerprint density at radius 1 is 1.20 bits per heavy atom. The summed E-state index contributed by atoms with van der Waals surface area (Å²) >= 11 is 4.33. The van der Waals surface area contributed by atoms with Gasteiger partial charge in [0, 0.05) is 11.6 Å². The Kier molecular flexibility index (Phi) is 3.76. The Morgan fingerprint density at radius 3 is 2.50 bits per heavy atom. The second-order valence-corrected chi connectivity index (χ2v) is 6.74. The smallest absolute Gasteiger partial charge is 0.315 e.